The maximum absolute atomic E-state index is 13.0. The molecule has 0 aliphatic carbocycles. The van der Waals surface area contributed by atoms with Crippen LogP contribution < -0.4 is 0 Å². The van der Waals surface area contributed by atoms with E-state index in [1.807, 2.05) is 0 Å². The Kier molecular flexibility index (Phi) is 3.58. The minimum Gasteiger partial charge on any atom is -0.303 e. The average Bonchev–Trinajstić information content (AvgIpc) is 2.11. The Bertz CT molecular complexity index is 352. The quantitative estimate of drug-likeness (QED) is 0.562. The molecule has 0 spiro atoms. The van der Waals surface area contributed by atoms with Crippen molar-refractivity contribution in [2.45, 2.75) is 19.3 Å². The van der Waals surface area contributed by atoms with Gasteiger partial charge in [0.15, 0.2) is 0 Å². The molecule has 1 rings (SSSR count). The zero-order chi connectivity index (χ0) is 10.7. The van der Waals surface area contributed by atoms with E-state index in [9.17, 15) is 13.6 Å². The van der Waals surface area contributed by atoms with Gasteiger partial charge >= 0.3 is 0 Å². The second kappa shape index (κ2) is 4.51. The van der Waals surface area contributed by atoms with E-state index in [-0.39, 0.29) is 17.4 Å². The molecule has 0 amide bonds. The predicted octanol–water partition coefficient (Wildman–Crippen LogP) is 3.31. The Morgan fingerprint density at radius 1 is 1.50 bits per heavy atom. The molecule has 0 aromatic heterocycles. The normalized spacial score (nSPS) is 12.6. The van der Waals surface area contributed by atoms with Crippen molar-refractivity contribution in [1.82, 2.24) is 0 Å². The van der Waals surface area contributed by atoms with Crippen molar-refractivity contribution in [2.75, 3.05) is 0 Å². The molecule has 1 nitrogen and oxygen atoms in total. The minimum absolute atomic E-state index is 0.110. The molecule has 14 heavy (non-hydrogen) atoms. The van der Waals surface area contributed by atoms with Crippen LogP contribution in [0.25, 0.3) is 0 Å². The third-order valence-electron chi connectivity index (χ3n) is 2.00. The highest BCUT2D eigenvalue weighted by atomic mass is 35.5. The standard InChI is InChI=1S/C10H9ClF2O/c1-6(2-3-14)8-4-7(12)5-9(13)10(8)11/h3-6H,2H2,1H3. The smallest absolute Gasteiger partial charge is 0.144 e. The lowest BCUT2D eigenvalue weighted by Crippen LogP contribution is -1.98. The summed E-state index contributed by atoms with van der Waals surface area (Å²) in [4.78, 5) is 10.2. The lowest BCUT2D eigenvalue weighted by atomic mass is 9.98. The van der Waals surface area contributed by atoms with E-state index in [4.69, 9.17) is 11.6 Å². The fourth-order valence-electron chi connectivity index (χ4n) is 1.21. The highest BCUT2D eigenvalue weighted by Gasteiger charge is 2.14. The molecule has 0 aliphatic heterocycles. The van der Waals surface area contributed by atoms with E-state index in [2.05, 4.69) is 0 Å². The molecule has 0 saturated heterocycles. The molecule has 1 aromatic carbocycles. The Morgan fingerprint density at radius 2 is 2.14 bits per heavy atom. The van der Waals surface area contributed by atoms with Crippen molar-refractivity contribution in [3.05, 3.63) is 34.4 Å². The fraction of sp³-hybridized carbons (Fsp3) is 0.300. The van der Waals surface area contributed by atoms with Gasteiger partial charge in [0, 0.05) is 12.5 Å². The van der Waals surface area contributed by atoms with E-state index in [1.165, 1.54) is 0 Å². The Balaban J connectivity index is 3.12. The van der Waals surface area contributed by atoms with E-state index in [1.54, 1.807) is 6.92 Å². The summed E-state index contributed by atoms with van der Waals surface area (Å²) >= 11 is 5.64. The number of aldehydes is 1. The third kappa shape index (κ3) is 2.29. The lowest BCUT2D eigenvalue weighted by molar-refractivity contribution is -0.108. The van der Waals surface area contributed by atoms with Crippen molar-refractivity contribution in [3.63, 3.8) is 0 Å². The monoisotopic (exact) mass is 218 g/mol. The van der Waals surface area contributed by atoms with E-state index < -0.39 is 11.6 Å². The molecule has 76 valence electrons. The van der Waals surface area contributed by atoms with Gasteiger partial charge in [0.05, 0.1) is 5.02 Å². The van der Waals surface area contributed by atoms with Gasteiger partial charge in [0.1, 0.15) is 17.9 Å². The van der Waals surface area contributed by atoms with Gasteiger partial charge in [-0.2, -0.15) is 0 Å². The van der Waals surface area contributed by atoms with Gasteiger partial charge in [0.25, 0.3) is 0 Å². The molecule has 0 saturated carbocycles. The van der Waals surface area contributed by atoms with Crippen molar-refractivity contribution < 1.29 is 13.6 Å². The van der Waals surface area contributed by atoms with Crippen LogP contribution in [0.2, 0.25) is 5.02 Å². The molecule has 0 radical (unpaired) electrons. The fourth-order valence-corrected chi connectivity index (χ4v) is 1.50. The van der Waals surface area contributed by atoms with Gasteiger partial charge in [-0.05, 0) is 17.5 Å². The van der Waals surface area contributed by atoms with Crippen LogP contribution in [0.5, 0.6) is 0 Å². The van der Waals surface area contributed by atoms with E-state index >= 15 is 0 Å². The Labute approximate surface area is 85.7 Å². The molecule has 1 aromatic rings. The van der Waals surface area contributed by atoms with Crippen LogP contribution >= 0.6 is 11.6 Å². The summed E-state index contributed by atoms with van der Waals surface area (Å²) in [6.45, 7) is 1.69. The van der Waals surface area contributed by atoms with E-state index in [0.29, 0.717) is 11.8 Å². The SMILES string of the molecule is CC(CC=O)c1cc(F)cc(F)c1Cl. The Morgan fingerprint density at radius 3 is 2.71 bits per heavy atom. The van der Waals surface area contributed by atoms with Gasteiger partial charge in [-0.1, -0.05) is 18.5 Å². The number of halogens is 3. The third-order valence-corrected chi connectivity index (χ3v) is 2.40. The molecule has 1 unspecified atom stereocenters. The largest absolute Gasteiger partial charge is 0.303 e. The maximum atomic E-state index is 13.0. The molecule has 0 heterocycles. The van der Waals surface area contributed by atoms with Crippen LogP contribution in [0.4, 0.5) is 8.78 Å². The van der Waals surface area contributed by atoms with Gasteiger partial charge in [-0.15, -0.1) is 0 Å². The van der Waals surface area contributed by atoms with Gasteiger partial charge < -0.3 is 4.79 Å². The highest BCUT2D eigenvalue weighted by Crippen LogP contribution is 2.29. The van der Waals surface area contributed by atoms with E-state index in [0.717, 1.165) is 12.1 Å². The summed E-state index contributed by atoms with van der Waals surface area (Å²) in [6.07, 6.45) is 0.895. The van der Waals surface area contributed by atoms with Crippen molar-refractivity contribution in [3.8, 4) is 0 Å². The summed E-state index contributed by atoms with van der Waals surface area (Å²) in [6, 6.07) is 1.87. The number of benzene rings is 1. The average molecular weight is 219 g/mol. The zero-order valence-corrected chi connectivity index (χ0v) is 8.31. The molecule has 0 fully saturated rings. The first kappa shape index (κ1) is 11.1. The first-order valence-electron chi connectivity index (χ1n) is 4.14. The molecule has 0 N–H and O–H groups in total. The molecular formula is C10H9ClF2O. The van der Waals surface area contributed by atoms with Crippen LogP contribution in [0.1, 0.15) is 24.8 Å². The molecular weight excluding hydrogens is 210 g/mol. The van der Waals surface area contributed by atoms with Crippen molar-refractivity contribution in [1.29, 1.82) is 0 Å². The second-order valence-electron chi connectivity index (χ2n) is 3.09. The summed E-state index contributed by atoms with van der Waals surface area (Å²) in [5.74, 6) is -1.75. The lowest BCUT2D eigenvalue weighted by Gasteiger charge is -2.10. The van der Waals surface area contributed by atoms with Crippen LogP contribution in [-0.2, 0) is 4.79 Å². The van der Waals surface area contributed by atoms with Crippen LogP contribution in [-0.4, -0.2) is 6.29 Å². The minimum atomic E-state index is -0.792. The predicted molar refractivity (Wildman–Crippen MR) is 50.5 cm³/mol. The van der Waals surface area contributed by atoms with Gasteiger partial charge in [-0.25, -0.2) is 8.78 Å². The summed E-state index contributed by atoms with van der Waals surface area (Å²) in [5.41, 5.74) is 0.330. The molecule has 1 atom stereocenters. The number of carbonyl (C=O) groups excluding carboxylic acids is 1. The highest BCUT2D eigenvalue weighted by molar-refractivity contribution is 6.31. The van der Waals surface area contributed by atoms with Crippen molar-refractivity contribution >= 4 is 17.9 Å². The van der Waals surface area contributed by atoms with Gasteiger partial charge in [0.2, 0.25) is 0 Å². The zero-order valence-electron chi connectivity index (χ0n) is 7.56. The summed E-state index contributed by atoms with van der Waals surface area (Å²) in [7, 11) is 0. The van der Waals surface area contributed by atoms with Crippen LogP contribution in [0.3, 0.4) is 0 Å². The first-order valence-corrected chi connectivity index (χ1v) is 4.52. The molecule has 0 bridgehead atoms. The number of hydrogen-bond donors (Lipinski definition) is 0. The van der Waals surface area contributed by atoms with Gasteiger partial charge in [-0.3, -0.25) is 0 Å². The number of hydrogen-bond acceptors (Lipinski definition) is 1. The molecule has 4 heteroatoms. The molecule has 0 aliphatic rings. The second-order valence-corrected chi connectivity index (χ2v) is 3.47. The first-order chi connectivity index (χ1) is 6.56. The number of carbonyl (C=O) groups is 1. The maximum Gasteiger partial charge on any atom is 0.144 e. The number of rotatable bonds is 3. The topological polar surface area (TPSA) is 17.1 Å². The van der Waals surface area contributed by atoms with Crippen LogP contribution in [0.15, 0.2) is 12.1 Å². The van der Waals surface area contributed by atoms with Crippen molar-refractivity contribution in [2.24, 2.45) is 0 Å². The van der Waals surface area contributed by atoms with Crippen LogP contribution in [0, 0.1) is 11.6 Å². The Hall–Kier alpha value is -0.960. The summed E-state index contributed by atoms with van der Waals surface area (Å²) < 4.78 is 25.8. The summed E-state index contributed by atoms with van der Waals surface area (Å²) in [5, 5.41) is -0.110.